The lowest BCUT2D eigenvalue weighted by Crippen LogP contribution is -2.38. The number of likely N-dealkylation sites (tertiary alicyclic amines) is 1. The Hall–Kier alpha value is -1.22. The van der Waals surface area contributed by atoms with Crippen LogP contribution < -0.4 is 5.32 Å². The number of carbonyl (C=O) groups excluding carboxylic acids is 1. The number of benzene rings is 1. The summed E-state index contributed by atoms with van der Waals surface area (Å²) in [7, 11) is 0. The van der Waals surface area contributed by atoms with Crippen LogP contribution in [0.2, 0.25) is 5.02 Å². The molecule has 1 atom stereocenters. The van der Waals surface area contributed by atoms with Gasteiger partial charge < -0.3 is 10.2 Å². The van der Waals surface area contributed by atoms with E-state index in [9.17, 15) is 4.79 Å². The highest BCUT2D eigenvalue weighted by atomic mass is 35.5. The molecule has 1 aliphatic heterocycles. The highest BCUT2D eigenvalue weighted by Gasteiger charge is 2.27. The molecular formula is C13H17ClN2O. The zero-order valence-electron chi connectivity index (χ0n) is 9.95. The molecule has 0 bridgehead atoms. The number of hydrogen-bond donors (Lipinski definition) is 1. The predicted molar refractivity (Wildman–Crippen MR) is 70.5 cm³/mol. The van der Waals surface area contributed by atoms with Crippen LogP contribution in [0.3, 0.4) is 0 Å². The first kappa shape index (κ1) is 12.2. The molecule has 4 heteroatoms. The highest BCUT2D eigenvalue weighted by molar-refractivity contribution is 6.30. The Labute approximate surface area is 107 Å². The molecule has 1 N–H and O–H groups in total. The van der Waals surface area contributed by atoms with Gasteiger partial charge in [0.05, 0.1) is 0 Å². The second kappa shape index (κ2) is 5.41. The summed E-state index contributed by atoms with van der Waals surface area (Å²) in [5.41, 5.74) is 0.754. The van der Waals surface area contributed by atoms with E-state index in [2.05, 4.69) is 12.2 Å². The van der Waals surface area contributed by atoms with Crippen LogP contribution in [0.4, 0.5) is 10.5 Å². The fourth-order valence-electron chi connectivity index (χ4n) is 2.29. The Kier molecular flexibility index (Phi) is 3.89. The molecule has 0 saturated carbocycles. The molecule has 1 unspecified atom stereocenters. The quantitative estimate of drug-likeness (QED) is 0.854. The first-order chi connectivity index (χ1) is 8.20. The van der Waals surface area contributed by atoms with Gasteiger partial charge in [-0.25, -0.2) is 4.79 Å². The largest absolute Gasteiger partial charge is 0.322 e. The highest BCUT2D eigenvalue weighted by Crippen LogP contribution is 2.22. The van der Waals surface area contributed by atoms with E-state index >= 15 is 0 Å². The maximum absolute atomic E-state index is 12.1. The molecular weight excluding hydrogens is 236 g/mol. The molecule has 0 spiro atoms. The van der Waals surface area contributed by atoms with Gasteiger partial charge in [0.1, 0.15) is 0 Å². The normalized spacial score (nSPS) is 19.4. The number of carbonyl (C=O) groups is 1. The van der Waals surface area contributed by atoms with Crippen molar-refractivity contribution < 1.29 is 4.79 Å². The fourth-order valence-corrected chi connectivity index (χ4v) is 2.48. The Morgan fingerprint density at radius 3 is 3.12 bits per heavy atom. The summed E-state index contributed by atoms with van der Waals surface area (Å²) in [6.45, 7) is 2.97. The third-order valence-corrected chi connectivity index (χ3v) is 3.42. The first-order valence-electron chi connectivity index (χ1n) is 6.04. The van der Waals surface area contributed by atoms with E-state index in [-0.39, 0.29) is 6.03 Å². The minimum Gasteiger partial charge on any atom is -0.322 e. The average Bonchev–Trinajstić information content (AvgIpc) is 2.77. The van der Waals surface area contributed by atoms with Crippen LogP contribution in [0.1, 0.15) is 26.2 Å². The Morgan fingerprint density at radius 1 is 1.59 bits per heavy atom. The first-order valence-corrected chi connectivity index (χ1v) is 6.41. The van der Waals surface area contributed by atoms with Crippen molar-refractivity contribution in [2.24, 2.45) is 0 Å². The van der Waals surface area contributed by atoms with E-state index in [1.54, 1.807) is 12.1 Å². The summed E-state index contributed by atoms with van der Waals surface area (Å²) in [6.07, 6.45) is 3.23. The number of amides is 2. The van der Waals surface area contributed by atoms with Crippen LogP contribution in [0, 0.1) is 0 Å². The third-order valence-electron chi connectivity index (χ3n) is 3.19. The van der Waals surface area contributed by atoms with Gasteiger partial charge in [-0.05, 0) is 37.5 Å². The van der Waals surface area contributed by atoms with E-state index < -0.39 is 0 Å². The van der Waals surface area contributed by atoms with Crippen LogP contribution in [0.5, 0.6) is 0 Å². The molecule has 1 aromatic rings. The monoisotopic (exact) mass is 252 g/mol. The van der Waals surface area contributed by atoms with Crippen molar-refractivity contribution in [3.63, 3.8) is 0 Å². The van der Waals surface area contributed by atoms with Gasteiger partial charge in [0, 0.05) is 23.3 Å². The molecule has 0 aliphatic carbocycles. The van der Waals surface area contributed by atoms with Gasteiger partial charge in [-0.3, -0.25) is 0 Å². The van der Waals surface area contributed by atoms with E-state index in [1.165, 1.54) is 0 Å². The summed E-state index contributed by atoms with van der Waals surface area (Å²) >= 11 is 5.88. The zero-order valence-corrected chi connectivity index (χ0v) is 10.7. The maximum atomic E-state index is 12.1. The fraction of sp³-hybridized carbons (Fsp3) is 0.462. The standard InChI is InChI=1S/C13H17ClN2O/c1-2-12-7-4-8-16(12)13(17)15-11-6-3-5-10(14)9-11/h3,5-6,9,12H,2,4,7-8H2,1H3,(H,15,17). The number of halogens is 1. The number of rotatable bonds is 2. The van der Waals surface area contributed by atoms with Crippen LogP contribution in [-0.4, -0.2) is 23.5 Å². The lowest BCUT2D eigenvalue weighted by Gasteiger charge is -2.23. The number of hydrogen-bond acceptors (Lipinski definition) is 1. The molecule has 1 fully saturated rings. The number of nitrogens with zero attached hydrogens (tertiary/aromatic N) is 1. The number of urea groups is 1. The Balaban J connectivity index is 2.01. The molecule has 2 amide bonds. The van der Waals surface area contributed by atoms with Gasteiger partial charge in [-0.2, -0.15) is 0 Å². The summed E-state index contributed by atoms with van der Waals surface area (Å²) < 4.78 is 0. The van der Waals surface area contributed by atoms with Crippen molar-refractivity contribution in [2.45, 2.75) is 32.2 Å². The molecule has 1 aliphatic rings. The lowest BCUT2D eigenvalue weighted by molar-refractivity contribution is 0.205. The molecule has 1 saturated heterocycles. The maximum Gasteiger partial charge on any atom is 0.322 e. The van der Waals surface area contributed by atoms with E-state index in [0.29, 0.717) is 11.1 Å². The third kappa shape index (κ3) is 2.91. The molecule has 17 heavy (non-hydrogen) atoms. The number of nitrogens with one attached hydrogen (secondary N) is 1. The summed E-state index contributed by atoms with van der Waals surface area (Å²) in [4.78, 5) is 14.0. The van der Waals surface area contributed by atoms with Gasteiger partial charge >= 0.3 is 6.03 Å². The average molecular weight is 253 g/mol. The Bertz CT molecular complexity index is 408. The molecule has 0 aromatic heterocycles. The molecule has 3 nitrogen and oxygen atoms in total. The minimum absolute atomic E-state index is 0.0170. The van der Waals surface area contributed by atoms with Crippen LogP contribution in [0.25, 0.3) is 0 Å². The molecule has 1 heterocycles. The predicted octanol–water partition coefficient (Wildman–Crippen LogP) is 3.75. The van der Waals surface area contributed by atoms with Gasteiger partial charge in [0.25, 0.3) is 0 Å². The van der Waals surface area contributed by atoms with E-state index in [1.807, 2.05) is 17.0 Å². The SMILES string of the molecule is CCC1CCCN1C(=O)Nc1cccc(Cl)c1. The minimum atomic E-state index is -0.0170. The van der Waals surface area contributed by atoms with Crippen molar-refractivity contribution in [1.82, 2.24) is 4.90 Å². The summed E-state index contributed by atoms with van der Waals surface area (Å²) in [6, 6.07) is 7.60. The smallest absolute Gasteiger partial charge is 0.322 e. The van der Waals surface area contributed by atoms with E-state index in [4.69, 9.17) is 11.6 Å². The lowest BCUT2D eigenvalue weighted by atomic mass is 10.2. The topological polar surface area (TPSA) is 32.3 Å². The van der Waals surface area contributed by atoms with Gasteiger partial charge in [-0.15, -0.1) is 0 Å². The van der Waals surface area contributed by atoms with Crippen LogP contribution in [-0.2, 0) is 0 Å². The van der Waals surface area contributed by atoms with Gasteiger partial charge in [0.15, 0.2) is 0 Å². The molecule has 1 aromatic carbocycles. The Morgan fingerprint density at radius 2 is 2.41 bits per heavy atom. The van der Waals surface area contributed by atoms with Crippen molar-refractivity contribution in [3.8, 4) is 0 Å². The number of anilines is 1. The van der Waals surface area contributed by atoms with Crippen molar-refractivity contribution in [2.75, 3.05) is 11.9 Å². The molecule has 0 radical (unpaired) electrons. The zero-order chi connectivity index (χ0) is 12.3. The van der Waals surface area contributed by atoms with Crippen molar-refractivity contribution >= 4 is 23.3 Å². The van der Waals surface area contributed by atoms with Crippen molar-refractivity contribution in [1.29, 1.82) is 0 Å². The van der Waals surface area contributed by atoms with Crippen LogP contribution >= 0.6 is 11.6 Å². The van der Waals surface area contributed by atoms with Gasteiger partial charge in [-0.1, -0.05) is 24.6 Å². The summed E-state index contributed by atoms with van der Waals surface area (Å²) in [5.74, 6) is 0. The second-order valence-electron chi connectivity index (χ2n) is 4.34. The van der Waals surface area contributed by atoms with Crippen molar-refractivity contribution in [3.05, 3.63) is 29.3 Å². The summed E-state index contributed by atoms with van der Waals surface area (Å²) in [5, 5.41) is 3.53. The second-order valence-corrected chi connectivity index (χ2v) is 4.77. The molecule has 92 valence electrons. The van der Waals surface area contributed by atoms with Gasteiger partial charge in [0.2, 0.25) is 0 Å². The van der Waals surface area contributed by atoms with E-state index in [0.717, 1.165) is 31.5 Å². The molecule has 2 rings (SSSR count). The van der Waals surface area contributed by atoms with Crippen LogP contribution in [0.15, 0.2) is 24.3 Å².